The van der Waals surface area contributed by atoms with Gasteiger partial charge in [-0.2, -0.15) is 0 Å². The molecule has 19 heavy (non-hydrogen) atoms. The fourth-order valence-corrected chi connectivity index (χ4v) is 1.63. The van der Waals surface area contributed by atoms with Crippen LogP contribution in [0.3, 0.4) is 0 Å². The lowest BCUT2D eigenvalue weighted by atomic mass is 10.1. The highest BCUT2D eigenvalue weighted by molar-refractivity contribution is 5.23. The molecule has 0 fully saturated rings. The van der Waals surface area contributed by atoms with Crippen molar-refractivity contribution in [1.29, 1.82) is 0 Å². The molecule has 0 aliphatic heterocycles. The number of ether oxygens (including phenoxy) is 3. The summed E-state index contributed by atoms with van der Waals surface area (Å²) in [5.74, 6) is 0. The zero-order valence-electron chi connectivity index (χ0n) is 11.9. The van der Waals surface area contributed by atoms with Crippen molar-refractivity contribution < 1.29 is 14.2 Å². The summed E-state index contributed by atoms with van der Waals surface area (Å²) in [5.41, 5.74) is 8.41. The zero-order chi connectivity index (χ0) is 13.9. The van der Waals surface area contributed by atoms with Gasteiger partial charge in [-0.1, -0.05) is 29.8 Å². The van der Waals surface area contributed by atoms with Gasteiger partial charge >= 0.3 is 0 Å². The second-order valence-electron chi connectivity index (χ2n) is 4.55. The van der Waals surface area contributed by atoms with E-state index in [1.54, 1.807) is 7.11 Å². The van der Waals surface area contributed by atoms with Crippen LogP contribution in [0.15, 0.2) is 24.3 Å². The van der Waals surface area contributed by atoms with E-state index in [0.29, 0.717) is 33.0 Å². The predicted molar refractivity (Wildman–Crippen MR) is 76.2 cm³/mol. The highest BCUT2D eigenvalue weighted by Gasteiger charge is 2.05. The molecule has 108 valence electrons. The Morgan fingerprint density at radius 1 is 1.00 bits per heavy atom. The Morgan fingerprint density at radius 3 is 2.37 bits per heavy atom. The summed E-state index contributed by atoms with van der Waals surface area (Å²) in [4.78, 5) is 0. The Morgan fingerprint density at radius 2 is 1.68 bits per heavy atom. The SMILES string of the molecule is COCCOCCCOCC(N)c1ccc(C)cc1. The van der Waals surface area contributed by atoms with Crippen LogP contribution in [0.2, 0.25) is 0 Å². The Labute approximate surface area is 115 Å². The normalized spacial score (nSPS) is 12.6. The van der Waals surface area contributed by atoms with Gasteiger partial charge in [0.05, 0.1) is 25.9 Å². The van der Waals surface area contributed by atoms with Crippen molar-refractivity contribution in [3.8, 4) is 0 Å². The van der Waals surface area contributed by atoms with E-state index in [-0.39, 0.29) is 6.04 Å². The van der Waals surface area contributed by atoms with Gasteiger partial charge in [0.2, 0.25) is 0 Å². The van der Waals surface area contributed by atoms with Crippen LogP contribution in [0.1, 0.15) is 23.6 Å². The molecule has 1 aromatic rings. The van der Waals surface area contributed by atoms with Crippen LogP contribution in [0.5, 0.6) is 0 Å². The second-order valence-corrected chi connectivity index (χ2v) is 4.55. The molecule has 0 radical (unpaired) electrons. The van der Waals surface area contributed by atoms with Gasteiger partial charge in [0.15, 0.2) is 0 Å². The van der Waals surface area contributed by atoms with Crippen LogP contribution in [0, 0.1) is 6.92 Å². The first-order valence-electron chi connectivity index (χ1n) is 6.70. The molecule has 4 nitrogen and oxygen atoms in total. The minimum atomic E-state index is -0.0602. The molecule has 1 unspecified atom stereocenters. The number of hydrogen-bond donors (Lipinski definition) is 1. The van der Waals surface area contributed by atoms with Crippen molar-refractivity contribution in [2.45, 2.75) is 19.4 Å². The van der Waals surface area contributed by atoms with E-state index in [9.17, 15) is 0 Å². The topological polar surface area (TPSA) is 53.7 Å². The molecule has 0 heterocycles. The van der Waals surface area contributed by atoms with Gasteiger partial charge in [-0.15, -0.1) is 0 Å². The number of nitrogens with two attached hydrogens (primary N) is 1. The predicted octanol–water partition coefficient (Wildman–Crippen LogP) is 2.06. The van der Waals surface area contributed by atoms with E-state index in [0.717, 1.165) is 12.0 Å². The molecule has 1 aromatic carbocycles. The number of rotatable bonds is 10. The quantitative estimate of drug-likeness (QED) is 0.659. The van der Waals surface area contributed by atoms with Crippen LogP contribution in [-0.2, 0) is 14.2 Å². The Bertz CT molecular complexity index is 327. The molecule has 0 spiro atoms. The van der Waals surface area contributed by atoms with E-state index in [2.05, 4.69) is 31.2 Å². The van der Waals surface area contributed by atoms with Gasteiger partial charge in [0, 0.05) is 20.3 Å². The minimum absolute atomic E-state index is 0.0602. The fourth-order valence-electron chi connectivity index (χ4n) is 1.63. The van der Waals surface area contributed by atoms with Crippen molar-refractivity contribution in [1.82, 2.24) is 0 Å². The van der Waals surface area contributed by atoms with Crippen LogP contribution in [0.25, 0.3) is 0 Å². The maximum absolute atomic E-state index is 6.05. The molecule has 0 saturated heterocycles. The monoisotopic (exact) mass is 267 g/mol. The molecule has 0 bridgehead atoms. The Balaban J connectivity index is 2.04. The van der Waals surface area contributed by atoms with E-state index in [1.807, 2.05) is 0 Å². The Hall–Kier alpha value is -0.940. The van der Waals surface area contributed by atoms with Gasteiger partial charge in [0.25, 0.3) is 0 Å². The molecule has 0 aliphatic rings. The molecule has 0 saturated carbocycles. The van der Waals surface area contributed by atoms with Gasteiger partial charge < -0.3 is 19.9 Å². The van der Waals surface area contributed by atoms with Crippen molar-refractivity contribution in [3.05, 3.63) is 35.4 Å². The molecular weight excluding hydrogens is 242 g/mol. The maximum atomic E-state index is 6.05. The fraction of sp³-hybridized carbons (Fsp3) is 0.600. The van der Waals surface area contributed by atoms with Crippen molar-refractivity contribution in [2.75, 3.05) is 40.1 Å². The van der Waals surface area contributed by atoms with Crippen molar-refractivity contribution in [2.24, 2.45) is 5.73 Å². The van der Waals surface area contributed by atoms with Gasteiger partial charge in [-0.05, 0) is 18.9 Å². The number of aryl methyl sites for hydroxylation is 1. The summed E-state index contributed by atoms with van der Waals surface area (Å²) in [6.45, 7) is 5.25. The average molecular weight is 267 g/mol. The smallest absolute Gasteiger partial charge is 0.0700 e. The maximum Gasteiger partial charge on any atom is 0.0700 e. The van der Waals surface area contributed by atoms with Crippen LogP contribution in [-0.4, -0.2) is 40.1 Å². The largest absolute Gasteiger partial charge is 0.382 e. The van der Waals surface area contributed by atoms with E-state index in [1.165, 1.54) is 5.56 Å². The third-order valence-electron chi connectivity index (χ3n) is 2.81. The number of benzene rings is 1. The first-order valence-corrected chi connectivity index (χ1v) is 6.70. The lowest BCUT2D eigenvalue weighted by molar-refractivity contribution is 0.0492. The minimum Gasteiger partial charge on any atom is -0.382 e. The van der Waals surface area contributed by atoms with Crippen molar-refractivity contribution >= 4 is 0 Å². The summed E-state index contributed by atoms with van der Waals surface area (Å²) < 4.78 is 15.8. The molecule has 0 aromatic heterocycles. The Kier molecular flexibility index (Phi) is 8.41. The summed E-state index contributed by atoms with van der Waals surface area (Å²) in [6, 6.07) is 8.18. The van der Waals surface area contributed by atoms with Crippen LogP contribution in [0.4, 0.5) is 0 Å². The third-order valence-corrected chi connectivity index (χ3v) is 2.81. The lowest BCUT2D eigenvalue weighted by Gasteiger charge is -2.13. The highest BCUT2D eigenvalue weighted by atomic mass is 16.5. The molecule has 4 heteroatoms. The average Bonchev–Trinajstić information content (AvgIpc) is 2.42. The van der Waals surface area contributed by atoms with Gasteiger partial charge in [0.1, 0.15) is 0 Å². The molecule has 1 atom stereocenters. The number of hydrogen-bond acceptors (Lipinski definition) is 4. The standard InChI is InChI=1S/C15H25NO3/c1-13-4-6-14(7-5-13)15(16)12-19-9-3-8-18-11-10-17-2/h4-7,15H,3,8-12,16H2,1-2H3. The van der Waals surface area contributed by atoms with Crippen molar-refractivity contribution in [3.63, 3.8) is 0 Å². The highest BCUT2D eigenvalue weighted by Crippen LogP contribution is 2.11. The van der Waals surface area contributed by atoms with Gasteiger partial charge in [-0.25, -0.2) is 0 Å². The first kappa shape index (κ1) is 16.1. The summed E-state index contributed by atoms with van der Waals surface area (Å²) >= 11 is 0. The van der Waals surface area contributed by atoms with Crippen LogP contribution < -0.4 is 5.73 Å². The summed E-state index contributed by atoms with van der Waals surface area (Å²) in [7, 11) is 1.67. The van der Waals surface area contributed by atoms with E-state index < -0.39 is 0 Å². The zero-order valence-corrected chi connectivity index (χ0v) is 11.9. The molecule has 2 N–H and O–H groups in total. The second kappa shape index (κ2) is 9.92. The summed E-state index contributed by atoms with van der Waals surface area (Å²) in [6.07, 6.45) is 0.879. The molecule has 0 amide bonds. The molecular formula is C15H25NO3. The lowest BCUT2D eigenvalue weighted by Crippen LogP contribution is -2.18. The molecule has 1 rings (SSSR count). The third kappa shape index (κ3) is 7.28. The van der Waals surface area contributed by atoms with E-state index in [4.69, 9.17) is 19.9 Å². The van der Waals surface area contributed by atoms with Gasteiger partial charge in [-0.3, -0.25) is 0 Å². The summed E-state index contributed by atoms with van der Waals surface area (Å²) in [5, 5.41) is 0. The molecule has 0 aliphatic carbocycles. The first-order chi connectivity index (χ1) is 9.24. The number of methoxy groups -OCH3 is 1. The van der Waals surface area contributed by atoms with E-state index >= 15 is 0 Å². The van der Waals surface area contributed by atoms with Crippen LogP contribution >= 0.6 is 0 Å².